The van der Waals surface area contributed by atoms with Crippen LogP contribution in [0, 0.1) is 0 Å². The molecule has 3 rings (SSSR count). The van der Waals surface area contributed by atoms with E-state index in [-0.39, 0.29) is 5.91 Å². The Morgan fingerprint density at radius 3 is 2.48 bits per heavy atom. The van der Waals surface area contributed by atoms with Crippen LogP contribution in [0.15, 0.2) is 42.5 Å². The molecule has 118 valence electrons. The number of hydrogen-bond acceptors (Lipinski definition) is 1. The summed E-state index contributed by atoms with van der Waals surface area (Å²) in [6.45, 7) is 2.13. The van der Waals surface area contributed by atoms with E-state index in [0.717, 1.165) is 28.5 Å². The van der Waals surface area contributed by atoms with Gasteiger partial charge in [0.15, 0.2) is 0 Å². The van der Waals surface area contributed by atoms with E-state index in [4.69, 9.17) is 11.6 Å². The predicted octanol–water partition coefficient (Wildman–Crippen LogP) is 4.42. The molecule has 0 aliphatic carbocycles. The van der Waals surface area contributed by atoms with Crippen molar-refractivity contribution >= 4 is 28.4 Å². The van der Waals surface area contributed by atoms with Gasteiger partial charge in [0.05, 0.1) is 0 Å². The van der Waals surface area contributed by atoms with Gasteiger partial charge in [-0.1, -0.05) is 36.7 Å². The molecule has 0 fully saturated rings. The highest BCUT2D eigenvalue weighted by atomic mass is 35.5. The van der Waals surface area contributed by atoms with E-state index in [1.807, 2.05) is 35.9 Å². The van der Waals surface area contributed by atoms with Crippen LogP contribution in [0.2, 0.25) is 5.02 Å². The number of nitrogens with zero attached hydrogens (tertiary/aromatic N) is 1. The summed E-state index contributed by atoms with van der Waals surface area (Å²) in [5.41, 5.74) is 4.91. The van der Waals surface area contributed by atoms with Gasteiger partial charge in [0.2, 0.25) is 0 Å². The van der Waals surface area contributed by atoms with Crippen molar-refractivity contribution in [2.45, 2.75) is 13.3 Å². The zero-order valence-electron chi connectivity index (χ0n) is 13.5. The number of nitrogens with one attached hydrogen (secondary N) is 1. The molecule has 0 unspecified atom stereocenters. The van der Waals surface area contributed by atoms with Gasteiger partial charge in [0.25, 0.3) is 5.91 Å². The Morgan fingerprint density at radius 2 is 1.87 bits per heavy atom. The van der Waals surface area contributed by atoms with Crippen molar-refractivity contribution in [3.05, 3.63) is 58.7 Å². The second-order valence-electron chi connectivity index (χ2n) is 5.57. The number of amides is 1. The first-order valence-electron chi connectivity index (χ1n) is 7.66. The van der Waals surface area contributed by atoms with Crippen molar-refractivity contribution in [2.24, 2.45) is 7.05 Å². The zero-order valence-corrected chi connectivity index (χ0v) is 14.2. The minimum absolute atomic E-state index is 0.0910. The van der Waals surface area contributed by atoms with Crippen molar-refractivity contribution in [1.29, 1.82) is 0 Å². The van der Waals surface area contributed by atoms with Gasteiger partial charge in [-0.05, 0) is 41.8 Å². The third kappa shape index (κ3) is 2.62. The quantitative estimate of drug-likeness (QED) is 0.759. The fourth-order valence-corrected chi connectivity index (χ4v) is 3.13. The van der Waals surface area contributed by atoms with Crippen LogP contribution in [-0.4, -0.2) is 17.5 Å². The highest BCUT2D eigenvalue weighted by Gasteiger charge is 2.21. The number of aryl methyl sites for hydroxylation is 2. The maximum absolute atomic E-state index is 12.5. The van der Waals surface area contributed by atoms with Gasteiger partial charge in [-0.2, -0.15) is 0 Å². The van der Waals surface area contributed by atoms with E-state index < -0.39 is 0 Å². The lowest BCUT2D eigenvalue weighted by Crippen LogP contribution is -2.21. The van der Waals surface area contributed by atoms with Crippen LogP contribution in [0.5, 0.6) is 0 Å². The molecule has 4 heteroatoms. The molecule has 1 aromatic heterocycles. The molecule has 23 heavy (non-hydrogen) atoms. The molecule has 1 amide bonds. The molecule has 2 aromatic carbocycles. The lowest BCUT2D eigenvalue weighted by atomic mass is 9.99. The van der Waals surface area contributed by atoms with E-state index in [9.17, 15) is 4.79 Å². The van der Waals surface area contributed by atoms with Gasteiger partial charge in [-0.25, -0.2) is 0 Å². The fraction of sp³-hybridized carbons (Fsp3) is 0.211. The average Bonchev–Trinajstić information content (AvgIpc) is 2.87. The van der Waals surface area contributed by atoms with E-state index >= 15 is 0 Å². The summed E-state index contributed by atoms with van der Waals surface area (Å²) in [6.07, 6.45) is 0.959. The van der Waals surface area contributed by atoms with Gasteiger partial charge >= 0.3 is 0 Å². The monoisotopic (exact) mass is 326 g/mol. The first-order chi connectivity index (χ1) is 11.1. The van der Waals surface area contributed by atoms with E-state index in [0.29, 0.717) is 10.7 Å². The first kappa shape index (κ1) is 15.6. The number of halogens is 1. The van der Waals surface area contributed by atoms with Gasteiger partial charge < -0.3 is 9.88 Å². The molecule has 0 spiro atoms. The van der Waals surface area contributed by atoms with Gasteiger partial charge in [-0.15, -0.1) is 0 Å². The van der Waals surface area contributed by atoms with Crippen molar-refractivity contribution in [3.63, 3.8) is 0 Å². The summed E-state index contributed by atoms with van der Waals surface area (Å²) in [7, 11) is 3.58. The van der Waals surface area contributed by atoms with Crippen molar-refractivity contribution in [2.75, 3.05) is 7.05 Å². The summed E-state index contributed by atoms with van der Waals surface area (Å²) in [5, 5.41) is 4.52. The molecule has 0 aliphatic rings. The van der Waals surface area contributed by atoms with Crippen LogP contribution in [0.25, 0.3) is 22.0 Å². The van der Waals surface area contributed by atoms with Crippen LogP contribution >= 0.6 is 11.6 Å². The van der Waals surface area contributed by atoms with E-state index in [1.165, 1.54) is 5.56 Å². The molecule has 0 bridgehead atoms. The van der Waals surface area contributed by atoms with Crippen molar-refractivity contribution < 1.29 is 4.79 Å². The summed E-state index contributed by atoms with van der Waals surface area (Å²) in [5.74, 6) is -0.0910. The summed E-state index contributed by atoms with van der Waals surface area (Å²) in [4.78, 5) is 12.5. The Morgan fingerprint density at radius 1 is 1.17 bits per heavy atom. The lowest BCUT2D eigenvalue weighted by Gasteiger charge is -2.07. The highest BCUT2D eigenvalue weighted by Crippen LogP contribution is 2.35. The maximum atomic E-state index is 12.5. The molecule has 0 saturated heterocycles. The van der Waals surface area contributed by atoms with Crippen LogP contribution in [0.4, 0.5) is 0 Å². The number of rotatable bonds is 3. The fourth-order valence-electron chi connectivity index (χ4n) is 3.00. The molecule has 1 N–H and O–H groups in total. The van der Waals surface area contributed by atoms with Crippen molar-refractivity contribution in [3.8, 4) is 11.1 Å². The normalized spacial score (nSPS) is 11.0. The van der Waals surface area contributed by atoms with Crippen LogP contribution in [-0.2, 0) is 13.5 Å². The number of benzene rings is 2. The lowest BCUT2D eigenvalue weighted by molar-refractivity contribution is 0.0956. The molecule has 0 aliphatic heterocycles. The molecular formula is C19H19ClN2O. The Hall–Kier alpha value is -2.26. The predicted molar refractivity (Wildman–Crippen MR) is 96.1 cm³/mol. The minimum atomic E-state index is -0.0910. The van der Waals surface area contributed by atoms with Crippen LogP contribution in [0.3, 0.4) is 0 Å². The number of aromatic nitrogens is 1. The molecule has 0 atom stereocenters. The second-order valence-corrected chi connectivity index (χ2v) is 6.01. The molecule has 3 aromatic rings. The smallest absolute Gasteiger partial charge is 0.268 e. The van der Waals surface area contributed by atoms with Crippen LogP contribution in [0.1, 0.15) is 23.0 Å². The van der Waals surface area contributed by atoms with Gasteiger partial charge in [-0.3, -0.25) is 4.79 Å². The number of fused-ring (bicyclic) bond motifs is 1. The standard InChI is InChI=1S/C19H19ClN2O/c1-4-12-5-10-16-15(11-12)17(13-6-8-14(20)9-7-13)18(22(16)3)19(23)21-2/h5-11H,4H2,1-3H3,(H,21,23). The maximum Gasteiger partial charge on any atom is 0.268 e. The highest BCUT2D eigenvalue weighted by molar-refractivity contribution is 6.30. The number of carbonyl (C=O) groups is 1. The van der Waals surface area contributed by atoms with Gasteiger partial charge in [0, 0.05) is 35.6 Å². The van der Waals surface area contributed by atoms with E-state index in [2.05, 4.69) is 30.4 Å². The Labute approximate surface area is 140 Å². The first-order valence-corrected chi connectivity index (χ1v) is 8.04. The Balaban J connectivity index is 2.39. The third-order valence-corrected chi connectivity index (χ3v) is 4.50. The molecule has 3 nitrogen and oxygen atoms in total. The second kappa shape index (κ2) is 6.09. The average molecular weight is 327 g/mol. The molecule has 0 saturated carbocycles. The number of carbonyl (C=O) groups excluding carboxylic acids is 1. The van der Waals surface area contributed by atoms with E-state index in [1.54, 1.807) is 7.05 Å². The summed E-state index contributed by atoms with van der Waals surface area (Å²) >= 11 is 6.02. The topological polar surface area (TPSA) is 34.0 Å². The van der Waals surface area contributed by atoms with Crippen molar-refractivity contribution in [1.82, 2.24) is 9.88 Å². The summed E-state index contributed by atoms with van der Waals surface area (Å²) < 4.78 is 1.96. The molecule has 0 radical (unpaired) electrons. The zero-order chi connectivity index (χ0) is 16.6. The number of hydrogen-bond donors (Lipinski definition) is 1. The third-order valence-electron chi connectivity index (χ3n) is 4.25. The summed E-state index contributed by atoms with van der Waals surface area (Å²) in [6, 6.07) is 14.0. The molecular weight excluding hydrogens is 308 g/mol. The minimum Gasteiger partial charge on any atom is -0.354 e. The Bertz CT molecular complexity index is 879. The largest absolute Gasteiger partial charge is 0.354 e. The SMILES string of the molecule is CCc1ccc2c(c1)c(-c1ccc(Cl)cc1)c(C(=O)NC)n2C. The molecule has 1 heterocycles. The Kier molecular flexibility index (Phi) is 4.14. The van der Waals surface area contributed by atoms with Crippen LogP contribution < -0.4 is 5.32 Å². The van der Waals surface area contributed by atoms with Gasteiger partial charge in [0.1, 0.15) is 5.69 Å².